The number of ether oxygens (including phenoxy) is 7. The zero-order valence-electron chi connectivity index (χ0n) is 49.7. The first-order valence-electron chi connectivity index (χ1n) is 27.5. The molecule has 0 atom stereocenters. The third-order valence-electron chi connectivity index (χ3n) is 14.4. The van der Waals surface area contributed by atoms with Crippen LogP contribution < -0.4 is 14.2 Å². The van der Waals surface area contributed by atoms with Crippen molar-refractivity contribution in [3.63, 3.8) is 0 Å². The summed E-state index contributed by atoms with van der Waals surface area (Å²) in [6.45, 7) is 26.9. The van der Waals surface area contributed by atoms with E-state index in [0.717, 1.165) is 89.6 Å². The second-order valence-corrected chi connectivity index (χ2v) is 23.0. The summed E-state index contributed by atoms with van der Waals surface area (Å²) >= 11 is 0. The number of aryl methyl sites for hydroxylation is 13. The van der Waals surface area contributed by atoms with Crippen molar-refractivity contribution in [1.82, 2.24) is 0 Å². The first-order chi connectivity index (χ1) is 38.3. The minimum absolute atomic E-state index is 0.292. The Balaban J connectivity index is 1.09. The molecule has 0 bridgehead atoms. The van der Waals surface area contributed by atoms with Crippen molar-refractivity contribution in [3.8, 4) is 17.2 Å². The summed E-state index contributed by atoms with van der Waals surface area (Å²) in [5.74, 6) is -0.198. The van der Waals surface area contributed by atoms with Crippen molar-refractivity contribution in [3.05, 3.63) is 227 Å². The summed E-state index contributed by atoms with van der Waals surface area (Å²) in [5.41, 5.74) is 13.7. The van der Waals surface area contributed by atoms with E-state index >= 15 is 0 Å². The number of esters is 4. The maximum absolute atomic E-state index is 14.3. The Labute approximate surface area is 478 Å². The third-order valence-corrected chi connectivity index (χ3v) is 14.4. The molecule has 0 aliphatic heterocycles. The Hall–Kier alpha value is -8.18. The van der Waals surface area contributed by atoms with Gasteiger partial charge < -0.3 is 33.2 Å². The lowest BCUT2D eigenvalue weighted by Gasteiger charge is -2.31. The maximum atomic E-state index is 14.3. The largest absolute Gasteiger partial charge is 0.492 e. The molecule has 0 aliphatic carbocycles. The minimum Gasteiger partial charge on any atom is -0.492 e. The van der Waals surface area contributed by atoms with Crippen LogP contribution in [-0.2, 0) is 25.4 Å². The zero-order chi connectivity index (χ0) is 58.8. The first-order valence-corrected chi connectivity index (χ1v) is 27.5. The predicted molar refractivity (Wildman–Crippen MR) is 318 cm³/mol. The van der Waals surface area contributed by atoms with Gasteiger partial charge in [-0.2, -0.15) is 0 Å². The first kappa shape index (κ1) is 60.5. The van der Waals surface area contributed by atoms with Gasteiger partial charge in [-0.25, -0.2) is 19.2 Å². The van der Waals surface area contributed by atoms with Gasteiger partial charge in [-0.15, -0.1) is 0 Å². The number of benzene rings is 7. The minimum atomic E-state index is -1.55. The maximum Gasteiger partial charge on any atom is 0.338 e. The molecule has 0 radical (unpaired) electrons. The van der Waals surface area contributed by atoms with Crippen LogP contribution in [0.1, 0.15) is 132 Å². The molecule has 11 nitrogen and oxygen atoms in total. The van der Waals surface area contributed by atoms with Crippen molar-refractivity contribution in [2.45, 2.75) is 103 Å². The standard InChI is InChI=1S/C70H78O11/c1-43-15-18-62(53(11)24-43)75-36-69(14,37-76-63-19-16-44(2)25-54(63)12)38-77-64-20-17-56(32-55(64)13)35-61-51(9)33-60(34-52(61)10)68(74)81-42-70(39-78-65(71)57-26-45(3)21-46(4)27-57,40-79-66(72)58-28-47(5)22-48(6)29-58)41-80-67(73)59-30-49(7)23-50(8)31-59/h15-34H,35-42H2,1-14H3. The number of rotatable bonds is 23. The molecule has 0 unspecified atom stereocenters. The smallest absolute Gasteiger partial charge is 0.338 e. The summed E-state index contributed by atoms with van der Waals surface area (Å²) in [5, 5.41) is 0. The predicted octanol–water partition coefficient (Wildman–Crippen LogP) is 14.5. The van der Waals surface area contributed by atoms with Crippen molar-refractivity contribution in [2.24, 2.45) is 10.8 Å². The van der Waals surface area contributed by atoms with Crippen molar-refractivity contribution < 1.29 is 52.3 Å². The van der Waals surface area contributed by atoms with Crippen molar-refractivity contribution in [1.29, 1.82) is 0 Å². The van der Waals surface area contributed by atoms with Gasteiger partial charge in [0.15, 0.2) is 0 Å². The van der Waals surface area contributed by atoms with Crippen LogP contribution >= 0.6 is 0 Å². The topological polar surface area (TPSA) is 133 Å². The summed E-state index contributed by atoms with van der Waals surface area (Å²) in [6.07, 6.45) is 0.589. The summed E-state index contributed by atoms with van der Waals surface area (Å²) < 4.78 is 43.6. The highest BCUT2D eigenvalue weighted by molar-refractivity contribution is 5.92. The average Bonchev–Trinajstić information content (AvgIpc) is 3.39. The van der Waals surface area contributed by atoms with Gasteiger partial charge in [0.1, 0.15) is 68.9 Å². The molecule has 0 N–H and O–H groups in total. The van der Waals surface area contributed by atoms with Gasteiger partial charge in [0.25, 0.3) is 0 Å². The van der Waals surface area contributed by atoms with Crippen LogP contribution in [-0.4, -0.2) is 70.1 Å². The van der Waals surface area contributed by atoms with E-state index in [9.17, 15) is 19.2 Å². The van der Waals surface area contributed by atoms with E-state index in [1.165, 1.54) is 11.1 Å². The van der Waals surface area contributed by atoms with Gasteiger partial charge >= 0.3 is 23.9 Å². The van der Waals surface area contributed by atoms with Gasteiger partial charge in [-0.05, 0) is 209 Å². The lowest BCUT2D eigenvalue weighted by Crippen LogP contribution is -2.44. The Morgan fingerprint density at radius 2 is 0.617 bits per heavy atom. The zero-order valence-corrected chi connectivity index (χ0v) is 49.7. The molecule has 7 aromatic carbocycles. The molecule has 11 heteroatoms. The van der Waals surface area contributed by atoms with E-state index in [-0.39, 0.29) is 0 Å². The summed E-state index contributed by atoms with van der Waals surface area (Å²) in [6, 6.07) is 38.2. The SMILES string of the molecule is Cc1cc(C)cc(C(=O)OCC(COC(=O)c2cc(C)cc(C)c2)(COC(=O)c2cc(C)cc(C)c2)COC(=O)c2cc(C)c(Cc3ccc(OCC(C)(COc4ccc(C)cc4C)COc4ccc(C)cc4C)c(C)c3)c(C)c2)c1. The Kier molecular flexibility index (Phi) is 19.7. The Bertz CT molecular complexity index is 3150. The lowest BCUT2D eigenvalue weighted by atomic mass is 9.91. The van der Waals surface area contributed by atoms with Gasteiger partial charge in [0, 0.05) is 0 Å². The van der Waals surface area contributed by atoms with Crippen LogP contribution in [0.2, 0.25) is 0 Å². The second kappa shape index (κ2) is 26.4. The quantitative estimate of drug-likeness (QED) is 0.0448. The van der Waals surface area contributed by atoms with Crippen LogP contribution in [0.25, 0.3) is 0 Å². The van der Waals surface area contributed by atoms with Crippen molar-refractivity contribution in [2.75, 3.05) is 46.2 Å². The molecule has 0 saturated heterocycles. The highest BCUT2D eigenvalue weighted by atomic mass is 16.6. The fourth-order valence-corrected chi connectivity index (χ4v) is 10.1. The molecule has 424 valence electrons. The normalized spacial score (nSPS) is 11.4. The Morgan fingerprint density at radius 3 is 0.926 bits per heavy atom. The van der Waals surface area contributed by atoms with Crippen LogP contribution in [0.5, 0.6) is 17.2 Å². The monoisotopic (exact) mass is 1090 g/mol. The Morgan fingerprint density at radius 1 is 0.321 bits per heavy atom. The fraction of sp³-hybridized carbons (Fsp3) is 0.343. The number of carbonyl (C=O) groups is 4. The van der Waals surface area contributed by atoms with E-state index in [1.807, 2.05) is 98.7 Å². The molecule has 7 rings (SSSR count). The van der Waals surface area contributed by atoms with E-state index in [2.05, 4.69) is 71.0 Å². The third kappa shape index (κ3) is 16.7. The van der Waals surface area contributed by atoms with Crippen LogP contribution in [0.15, 0.2) is 121 Å². The van der Waals surface area contributed by atoms with Crippen LogP contribution in [0.3, 0.4) is 0 Å². The molecule has 0 aromatic heterocycles. The molecule has 0 saturated carbocycles. The van der Waals surface area contributed by atoms with Crippen molar-refractivity contribution >= 4 is 23.9 Å². The van der Waals surface area contributed by atoms with Crippen LogP contribution in [0, 0.1) is 101 Å². The van der Waals surface area contributed by atoms with Gasteiger partial charge in [0.2, 0.25) is 0 Å². The second-order valence-electron chi connectivity index (χ2n) is 23.0. The van der Waals surface area contributed by atoms with Crippen LogP contribution in [0.4, 0.5) is 0 Å². The molecule has 0 heterocycles. The number of hydrogen-bond donors (Lipinski definition) is 0. The van der Waals surface area contributed by atoms with Gasteiger partial charge in [-0.1, -0.05) is 99.1 Å². The molecule has 81 heavy (non-hydrogen) atoms. The lowest BCUT2D eigenvalue weighted by molar-refractivity contribution is -0.0642. The van der Waals surface area contributed by atoms with Gasteiger partial charge in [0.05, 0.1) is 27.7 Å². The summed E-state index contributed by atoms with van der Waals surface area (Å²) in [7, 11) is 0. The average molecular weight is 1100 g/mol. The molecular weight excluding hydrogens is 1020 g/mol. The molecule has 0 spiro atoms. The molecular formula is C70H78O11. The van der Waals surface area contributed by atoms with E-state index in [4.69, 9.17) is 33.2 Å². The van der Waals surface area contributed by atoms with E-state index < -0.39 is 61.1 Å². The highest BCUT2D eigenvalue weighted by Gasteiger charge is 2.39. The number of hydrogen-bond acceptors (Lipinski definition) is 11. The molecule has 0 fully saturated rings. The van der Waals surface area contributed by atoms with E-state index in [0.29, 0.717) is 48.5 Å². The highest BCUT2D eigenvalue weighted by Crippen LogP contribution is 2.31. The molecule has 0 amide bonds. The van der Waals surface area contributed by atoms with Gasteiger partial charge in [-0.3, -0.25) is 0 Å². The summed E-state index contributed by atoms with van der Waals surface area (Å²) in [4.78, 5) is 55.6. The molecule has 7 aromatic rings. The van der Waals surface area contributed by atoms with E-state index in [1.54, 1.807) is 48.5 Å². The fourth-order valence-electron chi connectivity index (χ4n) is 10.1. The number of carbonyl (C=O) groups excluding carboxylic acids is 4. The molecule has 0 aliphatic rings.